The van der Waals surface area contributed by atoms with E-state index in [9.17, 15) is 19.2 Å². The van der Waals surface area contributed by atoms with Crippen molar-refractivity contribution in [2.75, 3.05) is 19.6 Å². The van der Waals surface area contributed by atoms with Crippen molar-refractivity contribution in [3.8, 4) is 0 Å². The van der Waals surface area contributed by atoms with Crippen molar-refractivity contribution in [1.29, 1.82) is 0 Å². The number of carbonyl (C=O) groups excluding carboxylic acids is 4. The lowest BCUT2D eigenvalue weighted by Crippen LogP contribution is -2.49. The zero-order chi connectivity index (χ0) is 25.6. The molecule has 0 radical (unpaired) electrons. The average molecular weight is 488 g/mol. The fraction of sp³-hybridized carbons (Fsp3) is 0.500. The van der Waals surface area contributed by atoms with Crippen LogP contribution in [0.3, 0.4) is 0 Å². The van der Waals surface area contributed by atoms with Gasteiger partial charge in [-0.1, -0.05) is 18.2 Å². The van der Waals surface area contributed by atoms with Crippen molar-refractivity contribution in [3.05, 3.63) is 36.0 Å². The number of nitrogens with one attached hydrogen (secondary N) is 4. The van der Waals surface area contributed by atoms with E-state index in [0.29, 0.717) is 38.9 Å². The first-order valence-electron chi connectivity index (χ1n) is 12.0. The molecule has 35 heavy (non-hydrogen) atoms. The maximum Gasteiger partial charge on any atom is 0.243 e. The van der Waals surface area contributed by atoms with Crippen LogP contribution in [0.4, 0.5) is 0 Å². The fourth-order valence-electron chi connectivity index (χ4n) is 3.68. The maximum atomic E-state index is 12.6. The van der Waals surface area contributed by atoms with Gasteiger partial charge < -0.3 is 38.1 Å². The molecule has 4 amide bonds. The third-order valence-corrected chi connectivity index (χ3v) is 5.59. The summed E-state index contributed by atoms with van der Waals surface area (Å²) in [5.74, 6) is -1.71. The predicted molar refractivity (Wildman–Crippen MR) is 134 cm³/mol. The highest BCUT2D eigenvalue weighted by atomic mass is 16.2. The number of hydrogen-bond acceptors (Lipinski definition) is 6. The molecule has 0 saturated carbocycles. The number of unbranched alkanes of at least 4 members (excludes halogenated alkanes) is 2. The summed E-state index contributed by atoms with van der Waals surface area (Å²) in [6, 6.07) is 6.00. The number of fused-ring (bicyclic) bond motifs is 1. The first kappa shape index (κ1) is 27.8. The number of H-pyrrole nitrogens is 1. The standard InChI is InChI=1S/C24H37N7O4/c25-10-6-8-18(26)23(34)28-11-4-1-5-12-29-24(35)20(14-21(27)32)31-22(33)13-16-15-30-19-9-3-2-7-17(16)19/h2-3,7,9,15,18,20,30H,1,4-6,8,10-14,25-26H2,(H2,27,32)(H,28,34)(H,29,35)(H,31,33)/t18?,20-/m0/s1. The van der Waals surface area contributed by atoms with Crippen molar-refractivity contribution >= 4 is 34.5 Å². The van der Waals surface area contributed by atoms with Crippen molar-refractivity contribution in [2.24, 2.45) is 17.2 Å². The van der Waals surface area contributed by atoms with Gasteiger partial charge in [0.05, 0.1) is 18.9 Å². The number of amides is 4. The van der Waals surface area contributed by atoms with Crippen LogP contribution in [0.2, 0.25) is 0 Å². The van der Waals surface area contributed by atoms with Crippen LogP contribution in [0.15, 0.2) is 30.5 Å². The second kappa shape index (κ2) is 14.7. The third-order valence-electron chi connectivity index (χ3n) is 5.59. The molecule has 11 heteroatoms. The van der Waals surface area contributed by atoms with Gasteiger partial charge in [-0.05, 0) is 50.3 Å². The number of hydrogen-bond donors (Lipinski definition) is 7. The molecule has 192 valence electrons. The minimum Gasteiger partial charge on any atom is -0.370 e. The highest BCUT2D eigenvalue weighted by molar-refractivity contribution is 5.94. The summed E-state index contributed by atoms with van der Waals surface area (Å²) in [5.41, 5.74) is 18.2. The second-order valence-corrected chi connectivity index (χ2v) is 8.51. The Bertz CT molecular complexity index is 991. The molecule has 2 aromatic rings. The summed E-state index contributed by atoms with van der Waals surface area (Å²) in [7, 11) is 0. The van der Waals surface area contributed by atoms with Gasteiger partial charge in [-0.3, -0.25) is 19.2 Å². The number of primary amides is 1. The molecule has 1 unspecified atom stereocenters. The van der Waals surface area contributed by atoms with Gasteiger partial charge in [0.15, 0.2) is 0 Å². The van der Waals surface area contributed by atoms with Crippen LogP contribution in [0, 0.1) is 0 Å². The van der Waals surface area contributed by atoms with Crippen LogP contribution >= 0.6 is 0 Å². The number of para-hydroxylation sites is 1. The molecule has 0 bridgehead atoms. The summed E-state index contributed by atoms with van der Waals surface area (Å²) in [5, 5.41) is 9.06. The Labute approximate surface area is 204 Å². The number of aromatic amines is 1. The smallest absolute Gasteiger partial charge is 0.243 e. The first-order valence-corrected chi connectivity index (χ1v) is 12.0. The number of benzene rings is 1. The summed E-state index contributed by atoms with van der Waals surface area (Å²) < 4.78 is 0. The highest BCUT2D eigenvalue weighted by Crippen LogP contribution is 2.18. The summed E-state index contributed by atoms with van der Waals surface area (Å²) in [4.78, 5) is 51.5. The lowest BCUT2D eigenvalue weighted by molar-refractivity contribution is -0.131. The number of aromatic nitrogens is 1. The molecule has 0 saturated heterocycles. The first-order chi connectivity index (χ1) is 16.8. The molecule has 0 spiro atoms. The molecular weight excluding hydrogens is 450 g/mol. The van der Waals surface area contributed by atoms with Crippen LogP contribution in [0.5, 0.6) is 0 Å². The van der Waals surface area contributed by atoms with Gasteiger partial charge in [0.2, 0.25) is 23.6 Å². The quantitative estimate of drug-likeness (QED) is 0.156. The lowest BCUT2D eigenvalue weighted by Gasteiger charge is -2.17. The fourth-order valence-corrected chi connectivity index (χ4v) is 3.68. The van der Waals surface area contributed by atoms with E-state index in [2.05, 4.69) is 20.9 Å². The van der Waals surface area contributed by atoms with Gasteiger partial charge in [0.1, 0.15) is 6.04 Å². The van der Waals surface area contributed by atoms with E-state index in [4.69, 9.17) is 17.2 Å². The summed E-state index contributed by atoms with van der Waals surface area (Å²) >= 11 is 0. The van der Waals surface area contributed by atoms with Gasteiger partial charge in [0.25, 0.3) is 0 Å². The molecule has 1 aromatic carbocycles. The predicted octanol–water partition coefficient (Wildman–Crippen LogP) is -0.460. The topological polar surface area (TPSA) is 198 Å². The Morgan fingerprint density at radius 2 is 1.63 bits per heavy atom. The van der Waals surface area contributed by atoms with Crippen molar-refractivity contribution in [1.82, 2.24) is 20.9 Å². The largest absolute Gasteiger partial charge is 0.370 e. The van der Waals surface area contributed by atoms with Crippen LogP contribution in [0.25, 0.3) is 10.9 Å². The molecule has 2 rings (SSSR count). The molecular formula is C24H37N7O4. The van der Waals surface area contributed by atoms with E-state index in [0.717, 1.165) is 29.3 Å². The van der Waals surface area contributed by atoms with Crippen LogP contribution in [-0.2, 0) is 25.6 Å². The van der Waals surface area contributed by atoms with Crippen molar-refractivity contribution in [3.63, 3.8) is 0 Å². The molecule has 1 heterocycles. The van der Waals surface area contributed by atoms with Gasteiger partial charge in [-0.15, -0.1) is 0 Å². The van der Waals surface area contributed by atoms with E-state index in [1.54, 1.807) is 6.20 Å². The van der Waals surface area contributed by atoms with Gasteiger partial charge >= 0.3 is 0 Å². The van der Waals surface area contributed by atoms with Crippen molar-refractivity contribution in [2.45, 2.75) is 57.0 Å². The molecule has 11 nitrogen and oxygen atoms in total. The van der Waals surface area contributed by atoms with E-state index in [1.165, 1.54) is 0 Å². The van der Waals surface area contributed by atoms with E-state index < -0.39 is 23.9 Å². The van der Waals surface area contributed by atoms with Crippen molar-refractivity contribution < 1.29 is 19.2 Å². The zero-order valence-corrected chi connectivity index (χ0v) is 20.0. The summed E-state index contributed by atoms with van der Waals surface area (Å²) in [6.07, 6.45) is 4.96. The number of carbonyl (C=O) groups is 4. The molecule has 1 aromatic heterocycles. The minimum atomic E-state index is -1.04. The number of rotatable bonds is 16. The Balaban J connectivity index is 1.71. The minimum absolute atomic E-state index is 0.0636. The second-order valence-electron chi connectivity index (χ2n) is 8.51. The molecule has 10 N–H and O–H groups in total. The number of nitrogens with two attached hydrogens (primary N) is 3. The Morgan fingerprint density at radius 1 is 0.943 bits per heavy atom. The van der Waals surface area contributed by atoms with Gasteiger partial charge in [-0.2, -0.15) is 0 Å². The third kappa shape index (κ3) is 9.75. The SMILES string of the molecule is NCCCC(N)C(=O)NCCCCCNC(=O)[C@H](CC(N)=O)NC(=O)Cc1c[nH]c2ccccc12. The van der Waals surface area contributed by atoms with Crippen LogP contribution in [0.1, 0.15) is 44.1 Å². The van der Waals surface area contributed by atoms with Gasteiger partial charge in [0, 0.05) is 30.2 Å². The van der Waals surface area contributed by atoms with Crippen LogP contribution < -0.4 is 33.2 Å². The monoisotopic (exact) mass is 487 g/mol. The van der Waals surface area contributed by atoms with Gasteiger partial charge in [-0.25, -0.2) is 0 Å². The van der Waals surface area contributed by atoms with E-state index >= 15 is 0 Å². The molecule has 0 aliphatic heterocycles. The zero-order valence-electron chi connectivity index (χ0n) is 20.0. The summed E-state index contributed by atoms with van der Waals surface area (Å²) in [6.45, 7) is 1.37. The molecule has 0 aliphatic carbocycles. The highest BCUT2D eigenvalue weighted by Gasteiger charge is 2.23. The maximum absolute atomic E-state index is 12.6. The molecule has 2 atom stereocenters. The van der Waals surface area contributed by atoms with E-state index in [1.807, 2.05) is 24.3 Å². The Morgan fingerprint density at radius 3 is 2.31 bits per heavy atom. The Hall–Kier alpha value is -3.44. The Kier molecular flexibility index (Phi) is 11.7. The van der Waals surface area contributed by atoms with Crippen LogP contribution in [-0.4, -0.2) is 60.3 Å². The molecule has 0 aliphatic rings. The normalized spacial score (nSPS) is 12.6. The average Bonchev–Trinajstić information content (AvgIpc) is 3.23. The molecule has 0 fully saturated rings. The lowest BCUT2D eigenvalue weighted by atomic mass is 10.1. The van der Waals surface area contributed by atoms with E-state index in [-0.39, 0.29) is 24.7 Å².